The van der Waals surface area contributed by atoms with Crippen LogP contribution in [0.5, 0.6) is 0 Å². The van der Waals surface area contributed by atoms with Crippen molar-refractivity contribution in [1.82, 2.24) is 19.5 Å². The molecule has 0 fully saturated rings. The first-order valence-corrected chi connectivity index (χ1v) is 7.81. The molecule has 3 rings (SSSR count). The van der Waals surface area contributed by atoms with Crippen LogP contribution in [0.3, 0.4) is 0 Å². The molecular weight excluding hydrogens is 312 g/mol. The Morgan fingerprint density at radius 2 is 1.91 bits per heavy atom. The zero-order valence-electron chi connectivity index (χ0n) is 11.1. The average Bonchev–Trinajstić information content (AvgIpc) is 2.43. The second-order valence-electron chi connectivity index (χ2n) is 4.58. The molecule has 10 heteroatoms. The predicted molar refractivity (Wildman–Crippen MR) is 77.5 cm³/mol. The first-order valence-electron chi connectivity index (χ1n) is 6.20. The molecule has 114 valence electrons. The number of hydrogen-bond donors (Lipinski definition) is 2. The maximum atomic E-state index is 11.9. The normalized spacial score (nSPS) is 12.0. The number of nitrogens with zero attached hydrogens (tertiary/aromatic N) is 3. The van der Waals surface area contributed by atoms with E-state index in [9.17, 15) is 18.0 Å². The van der Waals surface area contributed by atoms with Gasteiger partial charge < -0.3 is 4.57 Å². The Hall–Kier alpha value is -2.59. The summed E-state index contributed by atoms with van der Waals surface area (Å²) in [5.41, 5.74) is -0.697. The van der Waals surface area contributed by atoms with Crippen molar-refractivity contribution in [2.45, 2.75) is 6.54 Å². The molecule has 0 radical (unpaired) electrons. The van der Waals surface area contributed by atoms with Gasteiger partial charge in [0.2, 0.25) is 0 Å². The van der Waals surface area contributed by atoms with Gasteiger partial charge in [0.1, 0.15) is 0 Å². The quantitative estimate of drug-likeness (QED) is 0.489. The summed E-state index contributed by atoms with van der Waals surface area (Å²) in [6.45, 7) is -0.172. The van der Waals surface area contributed by atoms with Gasteiger partial charge in [-0.25, -0.2) is 9.78 Å². The van der Waals surface area contributed by atoms with Crippen LogP contribution < -0.4 is 11.2 Å². The Labute approximate surface area is 123 Å². The molecule has 1 aromatic rings. The van der Waals surface area contributed by atoms with Gasteiger partial charge in [-0.15, -0.1) is 0 Å². The fourth-order valence-electron chi connectivity index (χ4n) is 2.18. The lowest BCUT2D eigenvalue weighted by Crippen LogP contribution is -2.29. The molecule has 0 spiro atoms. The van der Waals surface area contributed by atoms with Crippen molar-refractivity contribution in [3.05, 3.63) is 45.1 Å². The molecule has 0 saturated heterocycles. The van der Waals surface area contributed by atoms with Crippen LogP contribution in [0, 0.1) is 0 Å². The van der Waals surface area contributed by atoms with Gasteiger partial charge in [-0.3, -0.25) is 14.3 Å². The van der Waals surface area contributed by atoms with Crippen LogP contribution in [0.25, 0.3) is 22.6 Å². The van der Waals surface area contributed by atoms with Gasteiger partial charge in [0.25, 0.3) is 15.7 Å². The third-order valence-electron chi connectivity index (χ3n) is 3.09. The number of aromatic nitrogens is 4. The van der Waals surface area contributed by atoms with Crippen molar-refractivity contribution in [2.75, 3.05) is 5.75 Å². The van der Waals surface area contributed by atoms with E-state index in [1.54, 1.807) is 24.3 Å². The largest absolute Gasteiger partial charge is 0.349 e. The molecule has 2 N–H and O–H groups in total. The topological polar surface area (TPSA) is 135 Å². The van der Waals surface area contributed by atoms with E-state index in [4.69, 9.17) is 4.55 Å². The molecule has 0 amide bonds. The first kappa shape index (κ1) is 14.4. The van der Waals surface area contributed by atoms with Crippen molar-refractivity contribution in [3.8, 4) is 11.5 Å². The highest BCUT2D eigenvalue weighted by molar-refractivity contribution is 7.85. The maximum Gasteiger partial charge on any atom is 0.349 e. The third kappa shape index (κ3) is 2.61. The number of H-pyrrole nitrogens is 1. The molecule has 0 atom stereocenters. The van der Waals surface area contributed by atoms with E-state index in [0.717, 1.165) is 0 Å². The zero-order valence-corrected chi connectivity index (χ0v) is 11.9. The number of aryl methyl sites for hydroxylation is 1. The third-order valence-corrected chi connectivity index (χ3v) is 3.79. The monoisotopic (exact) mass is 322 g/mol. The summed E-state index contributed by atoms with van der Waals surface area (Å²) in [5.74, 6) is -0.611. The van der Waals surface area contributed by atoms with Gasteiger partial charge in [0.05, 0.1) is 16.8 Å². The summed E-state index contributed by atoms with van der Waals surface area (Å²) in [6, 6.07) is 6.70. The Balaban J connectivity index is 2.37. The van der Waals surface area contributed by atoms with Gasteiger partial charge >= 0.3 is 5.69 Å². The van der Waals surface area contributed by atoms with E-state index in [0.29, 0.717) is 11.0 Å². The van der Waals surface area contributed by atoms with E-state index in [-0.39, 0.29) is 18.1 Å². The van der Waals surface area contributed by atoms with Crippen molar-refractivity contribution in [3.63, 3.8) is 0 Å². The molecule has 2 heterocycles. The SMILES string of the molecule is O=c1nc2n(CCS(=O)(=O)O)c3ccccc3nc-2c(=O)[nH]1. The van der Waals surface area contributed by atoms with Crippen LogP contribution in [0.2, 0.25) is 0 Å². The summed E-state index contributed by atoms with van der Waals surface area (Å²) in [4.78, 5) is 33.1. The Kier molecular flexibility index (Phi) is 3.26. The van der Waals surface area contributed by atoms with Gasteiger partial charge in [-0.05, 0) is 12.1 Å². The number of nitrogens with one attached hydrogen (secondary N) is 1. The highest BCUT2D eigenvalue weighted by atomic mass is 32.2. The van der Waals surface area contributed by atoms with E-state index in [1.165, 1.54) is 4.57 Å². The Morgan fingerprint density at radius 1 is 1.18 bits per heavy atom. The maximum absolute atomic E-state index is 11.9. The van der Waals surface area contributed by atoms with Gasteiger partial charge in [-0.2, -0.15) is 13.4 Å². The van der Waals surface area contributed by atoms with Gasteiger partial charge in [0, 0.05) is 6.54 Å². The molecule has 1 aromatic carbocycles. The number of hydrogen-bond acceptors (Lipinski definition) is 6. The van der Waals surface area contributed by atoms with E-state index >= 15 is 0 Å². The molecule has 0 aromatic heterocycles. The van der Waals surface area contributed by atoms with Crippen LogP contribution in [0.4, 0.5) is 0 Å². The van der Waals surface area contributed by atoms with Crippen LogP contribution in [0.1, 0.15) is 0 Å². The number of fused-ring (bicyclic) bond motifs is 2. The van der Waals surface area contributed by atoms with Crippen molar-refractivity contribution >= 4 is 21.2 Å². The minimum absolute atomic E-state index is 0.0314. The molecular formula is C12H10N4O5S. The number of rotatable bonds is 3. The highest BCUT2D eigenvalue weighted by Gasteiger charge is 2.19. The second-order valence-corrected chi connectivity index (χ2v) is 6.15. The molecule has 0 unspecified atom stereocenters. The number of aromatic amines is 1. The standard InChI is InChI=1S/C12H10N4O5S/c17-11-9-10(14-12(18)15-11)16(5-6-22(19,20)21)8-4-2-1-3-7(8)13-9/h1-4H,5-6H2,(H,15,17,18)(H,19,20,21). The van der Waals surface area contributed by atoms with Crippen LogP contribution >= 0.6 is 0 Å². The van der Waals surface area contributed by atoms with Crippen molar-refractivity contribution in [1.29, 1.82) is 0 Å². The molecule has 0 saturated carbocycles. The highest BCUT2D eigenvalue weighted by Crippen LogP contribution is 2.20. The average molecular weight is 322 g/mol. The fourth-order valence-corrected chi connectivity index (χ4v) is 2.59. The molecule has 0 bridgehead atoms. The second kappa shape index (κ2) is 5.00. The summed E-state index contributed by atoms with van der Waals surface area (Å²) >= 11 is 0. The van der Waals surface area contributed by atoms with Crippen LogP contribution in [0.15, 0.2) is 33.9 Å². The minimum Gasteiger partial charge on any atom is -0.321 e. The molecule has 22 heavy (non-hydrogen) atoms. The summed E-state index contributed by atoms with van der Waals surface area (Å²) in [6.07, 6.45) is 0. The van der Waals surface area contributed by atoms with Crippen molar-refractivity contribution < 1.29 is 13.0 Å². The van der Waals surface area contributed by atoms with Crippen LogP contribution in [-0.2, 0) is 16.7 Å². The van der Waals surface area contributed by atoms with Crippen molar-refractivity contribution in [2.24, 2.45) is 0 Å². The van der Waals surface area contributed by atoms with Crippen LogP contribution in [-0.4, -0.2) is 38.2 Å². The molecule has 9 nitrogen and oxygen atoms in total. The predicted octanol–water partition coefficient (Wildman–Crippen LogP) is -0.528. The zero-order chi connectivity index (χ0) is 15.9. The molecule has 0 aliphatic carbocycles. The fraction of sp³-hybridized carbons (Fsp3) is 0.167. The van der Waals surface area contributed by atoms with Gasteiger partial charge in [-0.1, -0.05) is 12.1 Å². The lowest BCUT2D eigenvalue weighted by Gasteiger charge is -2.15. The smallest absolute Gasteiger partial charge is 0.321 e. The molecule has 2 aliphatic heterocycles. The molecule has 2 aliphatic rings. The van der Waals surface area contributed by atoms with E-state index in [1.807, 2.05) is 4.98 Å². The van der Waals surface area contributed by atoms with E-state index in [2.05, 4.69) is 9.97 Å². The lowest BCUT2D eigenvalue weighted by molar-refractivity contribution is 0.479. The first-order chi connectivity index (χ1) is 10.3. The Morgan fingerprint density at radius 3 is 2.64 bits per heavy atom. The number of benzene rings is 1. The van der Waals surface area contributed by atoms with E-state index < -0.39 is 27.1 Å². The lowest BCUT2D eigenvalue weighted by atomic mass is 10.2. The number of para-hydroxylation sites is 2. The summed E-state index contributed by atoms with van der Waals surface area (Å²) < 4.78 is 32.3. The Bertz CT molecular complexity index is 1050. The summed E-state index contributed by atoms with van der Waals surface area (Å²) in [7, 11) is -4.21. The summed E-state index contributed by atoms with van der Waals surface area (Å²) in [5, 5.41) is 0. The minimum atomic E-state index is -4.21. The van der Waals surface area contributed by atoms with Gasteiger partial charge in [0.15, 0.2) is 11.5 Å².